The van der Waals surface area contributed by atoms with Crippen LogP contribution in [0.25, 0.3) is 0 Å². The molecule has 0 aliphatic rings. The van der Waals surface area contributed by atoms with Gasteiger partial charge in [0.15, 0.2) is 0 Å². The average molecular weight is 265 g/mol. The zero-order valence-corrected chi connectivity index (χ0v) is 12.6. The number of ether oxygens (including phenoxy) is 1. The molecule has 1 aromatic carbocycles. The number of methoxy groups -OCH3 is 1. The van der Waals surface area contributed by atoms with Crippen LogP contribution < -0.4 is 5.32 Å². The van der Waals surface area contributed by atoms with Gasteiger partial charge < -0.3 is 15.2 Å². The van der Waals surface area contributed by atoms with Crippen LogP contribution in [0.5, 0.6) is 5.75 Å². The molecule has 0 aliphatic carbocycles. The van der Waals surface area contributed by atoms with Crippen molar-refractivity contribution in [3.63, 3.8) is 0 Å². The Morgan fingerprint density at radius 3 is 2.42 bits per heavy atom. The number of phenolic OH excluding ortho intramolecular Hbond substituents is 1. The van der Waals surface area contributed by atoms with Gasteiger partial charge in [0, 0.05) is 20.2 Å². The highest BCUT2D eigenvalue weighted by molar-refractivity contribution is 5.26. The zero-order valence-electron chi connectivity index (χ0n) is 12.6. The number of benzene rings is 1. The van der Waals surface area contributed by atoms with Crippen molar-refractivity contribution in [3.8, 4) is 5.75 Å². The highest BCUT2D eigenvalue weighted by Crippen LogP contribution is 2.31. The topological polar surface area (TPSA) is 41.5 Å². The Labute approximate surface area is 117 Å². The third-order valence-electron chi connectivity index (χ3n) is 3.95. The molecule has 108 valence electrons. The van der Waals surface area contributed by atoms with Crippen LogP contribution >= 0.6 is 0 Å². The molecule has 0 heterocycles. The summed E-state index contributed by atoms with van der Waals surface area (Å²) < 4.78 is 5.06. The molecular weight excluding hydrogens is 238 g/mol. The zero-order chi connectivity index (χ0) is 14.3. The molecular formula is C16H27NO2. The third kappa shape index (κ3) is 5.21. The molecule has 0 saturated carbocycles. The molecule has 0 radical (unpaired) electrons. The molecule has 0 aliphatic heterocycles. The van der Waals surface area contributed by atoms with Gasteiger partial charge in [0.25, 0.3) is 0 Å². The van der Waals surface area contributed by atoms with Crippen molar-refractivity contribution in [3.05, 3.63) is 29.8 Å². The summed E-state index contributed by atoms with van der Waals surface area (Å²) in [6.45, 7) is 9.43. The summed E-state index contributed by atoms with van der Waals surface area (Å²) in [5.74, 6) is 0.907. The molecule has 2 N–H and O–H groups in total. The summed E-state index contributed by atoms with van der Waals surface area (Å²) in [6.07, 6.45) is 1.00. The van der Waals surface area contributed by atoms with Crippen LogP contribution in [0.1, 0.15) is 26.3 Å². The van der Waals surface area contributed by atoms with E-state index in [1.807, 2.05) is 12.1 Å². The van der Waals surface area contributed by atoms with E-state index in [1.165, 1.54) is 5.56 Å². The van der Waals surface area contributed by atoms with Crippen LogP contribution in [-0.2, 0) is 11.2 Å². The van der Waals surface area contributed by atoms with Crippen LogP contribution in [0.4, 0.5) is 0 Å². The lowest BCUT2D eigenvalue weighted by atomic mass is 9.74. The van der Waals surface area contributed by atoms with Crippen molar-refractivity contribution >= 4 is 0 Å². The summed E-state index contributed by atoms with van der Waals surface area (Å²) in [7, 11) is 1.72. The van der Waals surface area contributed by atoms with Crippen molar-refractivity contribution in [1.82, 2.24) is 5.32 Å². The smallest absolute Gasteiger partial charge is 0.115 e. The van der Waals surface area contributed by atoms with E-state index >= 15 is 0 Å². The second-order valence-electron chi connectivity index (χ2n) is 5.82. The fraction of sp³-hybridized carbons (Fsp3) is 0.625. The highest BCUT2D eigenvalue weighted by atomic mass is 16.5. The Bertz CT molecular complexity index is 362. The van der Waals surface area contributed by atoms with E-state index < -0.39 is 0 Å². The Balaban J connectivity index is 2.62. The largest absolute Gasteiger partial charge is 0.508 e. The molecule has 1 unspecified atom stereocenters. The maximum Gasteiger partial charge on any atom is 0.115 e. The summed E-state index contributed by atoms with van der Waals surface area (Å²) in [6, 6.07) is 7.53. The van der Waals surface area contributed by atoms with E-state index in [0.29, 0.717) is 11.7 Å². The van der Waals surface area contributed by atoms with Gasteiger partial charge in [0.1, 0.15) is 5.75 Å². The molecule has 19 heavy (non-hydrogen) atoms. The van der Waals surface area contributed by atoms with E-state index in [9.17, 15) is 5.11 Å². The van der Waals surface area contributed by atoms with E-state index in [-0.39, 0.29) is 5.41 Å². The molecule has 0 amide bonds. The van der Waals surface area contributed by atoms with Crippen LogP contribution in [-0.4, -0.2) is 31.9 Å². The normalized spacial score (nSPS) is 14.6. The first-order valence-electron chi connectivity index (χ1n) is 6.95. The van der Waals surface area contributed by atoms with Crippen LogP contribution in [0.15, 0.2) is 24.3 Å². The van der Waals surface area contributed by atoms with Crippen molar-refractivity contribution in [1.29, 1.82) is 0 Å². The van der Waals surface area contributed by atoms with Gasteiger partial charge in [-0.3, -0.25) is 0 Å². The van der Waals surface area contributed by atoms with Crippen molar-refractivity contribution < 1.29 is 9.84 Å². The Morgan fingerprint density at radius 1 is 1.26 bits per heavy atom. The minimum atomic E-state index is 0.199. The van der Waals surface area contributed by atoms with E-state index in [4.69, 9.17) is 4.74 Å². The molecule has 0 bridgehead atoms. The minimum Gasteiger partial charge on any atom is -0.508 e. The van der Waals surface area contributed by atoms with Crippen molar-refractivity contribution in [2.24, 2.45) is 11.3 Å². The fourth-order valence-corrected chi connectivity index (χ4v) is 2.10. The number of nitrogens with one attached hydrogen (secondary N) is 1. The maximum absolute atomic E-state index is 9.34. The summed E-state index contributed by atoms with van der Waals surface area (Å²) in [5.41, 5.74) is 1.47. The monoisotopic (exact) mass is 265 g/mol. The minimum absolute atomic E-state index is 0.199. The second-order valence-corrected chi connectivity index (χ2v) is 5.82. The van der Waals surface area contributed by atoms with E-state index in [0.717, 1.165) is 26.1 Å². The predicted molar refractivity (Wildman–Crippen MR) is 79.5 cm³/mol. The van der Waals surface area contributed by atoms with E-state index in [2.05, 4.69) is 26.1 Å². The van der Waals surface area contributed by atoms with Gasteiger partial charge in [-0.1, -0.05) is 32.9 Å². The van der Waals surface area contributed by atoms with Crippen molar-refractivity contribution in [2.75, 3.05) is 26.8 Å². The molecule has 0 spiro atoms. The lowest BCUT2D eigenvalue weighted by Gasteiger charge is -2.34. The summed E-state index contributed by atoms with van der Waals surface area (Å²) in [5, 5.41) is 12.8. The number of rotatable bonds is 8. The quantitative estimate of drug-likeness (QED) is 0.710. The Morgan fingerprint density at radius 2 is 1.89 bits per heavy atom. The van der Waals surface area contributed by atoms with E-state index in [1.54, 1.807) is 19.2 Å². The van der Waals surface area contributed by atoms with Gasteiger partial charge in [-0.15, -0.1) is 0 Å². The Kier molecular flexibility index (Phi) is 6.32. The number of hydrogen-bond donors (Lipinski definition) is 2. The third-order valence-corrected chi connectivity index (χ3v) is 3.95. The van der Waals surface area contributed by atoms with Gasteiger partial charge >= 0.3 is 0 Å². The van der Waals surface area contributed by atoms with Crippen LogP contribution in [0.2, 0.25) is 0 Å². The first-order valence-corrected chi connectivity index (χ1v) is 6.95. The Hall–Kier alpha value is -1.06. The maximum atomic E-state index is 9.34. The molecule has 3 nitrogen and oxygen atoms in total. The predicted octanol–water partition coefficient (Wildman–Crippen LogP) is 2.83. The van der Waals surface area contributed by atoms with Gasteiger partial charge in [-0.2, -0.15) is 0 Å². The average Bonchev–Trinajstić information content (AvgIpc) is 2.37. The van der Waals surface area contributed by atoms with Gasteiger partial charge in [-0.05, 0) is 35.4 Å². The molecule has 3 heteroatoms. The standard InChI is InChI=1S/C16H27NO2/c1-13(2)16(3,12-17-9-10-19-4)11-14-5-7-15(18)8-6-14/h5-8,13,17-18H,9-12H2,1-4H3. The molecule has 0 fully saturated rings. The summed E-state index contributed by atoms with van der Waals surface area (Å²) >= 11 is 0. The van der Waals surface area contributed by atoms with Crippen LogP contribution in [0, 0.1) is 11.3 Å². The molecule has 1 rings (SSSR count). The molecule has 0 saturated heterocycles. The first kappa shape index (κ1) is 16.0. The van der Waals surface area contributed by atoms with Gasteiger partial charge in [0.05, 0.1) is 6.61 Å². The molecule has 1 aromatic rings. The lowest BCUT2D eigenvalue weighted by molar-refractivity contribution is 0.175. The second kappa shape index (κ2) is 7.51. The summed E-state index contributed by atoms with van der Waals surface area (Å²) in [4.78, 5) is 0. The number of aromatic hydroxyl groups is 1. The molecule has 1 atom stereocenters. The van der Waals surface area contributed by atoms with Gasteiger partial charge in [-0.25, -0.2) is 0 Å². The molecule has 0 aromatic heterocycles. The van der Waals surface area contributed by atoms with Gasteiger partial charge in [0.2, 0.25) is 0 Å². The highest BCUT2D eigenvalue weighted by Gasteiger charge is 2.28. The lowest BCUT2D eigenvalue weighted by Crippen LogP contribution is -2.39. The SMILES string of the molecule is COCCNCC(C)(Cc1ccc(O)cc1)C(C)C. The van der Waals surface area contributed by atoms with Crippen LogP contribution in [0.3, 0.4) is 0 Å². The first-order chi connectivity index (χ1) is 8.98. The number of hydrogen-bond acceptors (Lipinski definition) is 3. The van der Waals surface area contributed by atoms with Crippen molar-refractivity contribution in [2.45, 2.75) is 27.2 Å². The number of phenols is 1. The fourth-order valence-electron chi connectivity index (χ4n) is 2.10.